The molecule has 1 amide bonds. The summed E-state index contributed by atoms with van der Waals surface area (Å²) in [5.41, 5.74) is 7.17. The molecule has 0 bridgehead atoms. The van der Waals surface area contributed by atoms with Crippen molar-refractivity contribution in [3.8, 4) is 0 Å². The minimum Gasteiger partial charge on any atom is -0.441 e. The van der Waals surface area contributed by atoms with Crippen LogP contribution in [0, 0.1) is 12.3 Å². The average molecular weight is 261 g/mol. The van der Waals surface area contributed by atoms with Crippen molar-refractivity contribution in [2.45, 2.75) is 6.92 Å². The molecule has 3 rings (SSSR count). The maximum atomic E-state index is 12.2. The van der Waals surface area contributed by atoms with Gasteiger partial charge in [-0.2, -0.15) is 0 Å². The molecule has 0 atom stereocenters. The Morgan fingerprint density at radius 3 is 2.95 bits per heavy atom. The molecule has 0 spiro atoms. The molecule has 2 heterocycles. The van der Waals surface area contributed by atoms with E-state index in [0.717, 1.165) is 5.52 Å². The summed E-state index contributed by atoms with van der Waals surface area (Å²) in [6.07, 6.45) is 0. The largest absolute Gasteiger partial charge is 0.441 e. The molecule has 1 aromatic heterocycles. The first-order valence-corrected chi connectivity index (χ1v) is 6.09. The summed E-state index contributed by atoms with van der Waals surface area (Å²) in [7, 11) is 0. The minimum atomic E-state index is -0.589. The zero-order chi connectivity index (χ0) is 13.5. The lowest BCUT2D eigenvalue weighted by Crippen LogP contribution is -2.56. The smallest absolute Gasteiger partial charge is 0.236 e. The standard InChI is InChI=1S/C13H15N3O3/c1-8-15-10-4-9(2-3-11(10)19-8)16-12(17)13(5-14)6-18-7-13/h2-4H,5-7,14H2,1H3,(H,16,17). The number of ether oxygens (including phenoxy) is 1. The van der Waals surface area contributed by atoms with Gasteiger partial charge in [0.1, 0.15) is 10.9 Å². The third-order valence-electron chi connectivity index (χ3n) is 3.38. The second-order valence-electron chi connectivity index (χ2n) is 4.85. The number of carbonyl (C=O) groups excluding carboxylic acids is 1. The van der Waals surface area contributed by atoms with E-state index >= 15 is 0 Å². The van der Waals surface area contributed by atoms with E-state index in [9.17, 15) is 4.79 Å². The number of hydrogen-bond acceptors (Lipinski definition) is 5. The SMILES string of the molecule is Cc1nc2cc(NC(=O)C3(CN)COC3)ccc2o1. The first-order chi connectivity index (χ1) is 9.13. The van der Waals surface area contributed by atoms with Gasteiger partial charge in [-0.15, -0.1) is 0 Å². The molecule has 0 aliphatic carbocycles. The highest BCUT2D eigenvalue weighted by molar-refractivity contribution is 5.97. The number of aromatic nitrogens is 1. The molecule has 0 saturated carbocycles. The second-order valence-corrected chi connectivity index (χ2v) is 4.85. The van der Waals surface area contributed by atoms with Gasteiger partial charge in [-0.05, 0) is 18.2 Å². The number of aryl methyl sites for hydroxylation is 1. The highest BCUT2D eigenvalue weighted by Crippen LogP contribution is 2.28. The van der Waals surface area contributed by atoms with Gasteiger partial charge in [-0.25, -0.2) is 4.98 Å². The van der Waals surface area contributed by atoms with Crippen molar-refractivity contribution in [1.29, 1.82) is 0 Å². The first kappa shape index (κ1) is 12.1. The number of hydrogen-bond donors (Lipinski definition) is 2. The molecule has 2 aromatic rings. The van der Waals surface area contributed by atoms with E-state index in [0.29, 0.717) is 30.4 Å². The van der Waals surface area contributed by atoms with Gasteiger partial charge in [-0.1, -0.05) is 0 Å². The van der Waals surface area contributed by atoms with Crippen molar-refractivity contribution >= 4 is 22.7 Å². The molecular weight excluding hydrogens is 246 g/mol. The fourth-order valence-corrected chi connectivity index (χ4v) is 2.07. The Bertz CT molecular complexity index is 626. The summed E-state index contributed by atoms with van der Waals surface area (Å²) >= 11 is 0. The van der Waals surface area contributed by atoms with Crippen LogP contribution >= 0.6 is 0 Å². The maximum absolute atomic E-state index is 12.2. The lowest BCUT2D eigenvalue weighted by Gasteiger charge is -2.38. The predicted octanol–water partition coefficient (Wildman–Crippen LogP) is 1.05. The number of rotatable bonds is 3. The number of nitrogens with two attached hydrogens (primary N) is 1. The normalized spacial score (nSPS) is 17.2. The molecule has 100 valence electrons. The summed E-state index contributed by atoms with van der Waals surface area (Å²) < 4.78 is 10.5. The highest BCUT2D eigenvalue weighted by Gasteiger charge is 2.44. The van der Waals surface area contributed by atoms with Crippen LogP contribution in [0.4, 0.5) is 5.69 Å². The van der Waals surface area contributed by atoms with Crippen LogP contribution in [0.3, 0.4) is 0 Å². The fraction of sp³-hybridized carbons (Fsp3) is 0.385. The van der Waals surface area contributed by atoms with Crippen LogP contribution in [0.1, 0.15) is 5.89 Å². The molecule has 0 unspecified atom stereocenters. The molecular formula is C13H15N3O3. The van der Waals surface area contributed by atoms with Crippen LogP contribution in [0.15, 0.2) is 22.6 Å². The quantitative estimate of drug-likeness (QED) is 0.861. The first-order valence-electron chi connectivity index (χ1n) is 6.09. The van der Waals surface area contributed by atoms with E-state index in [-0.39, 0.29) is 12.5 Å². The van der Waals surface area contributed by atoms with Gasteiger partial charge in [0.25, 0.3) is 0 Å². The zero-order valence-corrected chi connectivity index (χ0v) is 10.6. The molecule has 6 nitrogen and oxygen atoms in total. The molecule has 1 saturated heterocycles. The lowest BCUT2D eigenvalue weighted by molar-refractivity contribution is -0.153. The Morgan fingerprint density at radius 2 is 2.32 bits per heavy atom. The third kappa shape index (κ3) is 1.98. The van der Waals surface area contributed by atoms with Crippen LogP contribution in [0.2, 0.25) is 0 Å². The summed E-state index contributed by atoms with van der Waals surface area (Å²) in [5.74, 6) is 0.491. The third-order valence-corrected chi connectivity index (χ3v) is 3.38. The van der Waals surface area contributed by atoms with Crippen LogP contribution in [0.25, 0.3) is 11.1 Å². The Kier molecular flexibility index (Phi) is 2.76. The van der Waals surface area contributed by atoms with Crippen LogP contribution < -0.4 is 11.1 Å². The van der Waals surface area contributed by atoms with Crippen LogP contribution in [0.5, 0.6) is 0 Å². The molecule has 19 heavy (non-hydrogen) atoms. The van der Waals surface area contributed by atoms with E-state index in [1.54, 1.807) is 25.1 Å². The Hall–Kier alpha value is -1.92. The summed E-state index contributed by atoms with van der Waals surface area (Å²) in [6.45, 7) is 2.82. The minimum absolute atomic E-state index is 0.110. The number of amides is 1. The molecule has 6 heteroatoms. The number of nitrogens with one attached hydrogen (secondary N) is 1. The highest BCUT2D eigenvalue weighted by atomic mass is 16.5. The second kappa shape index (κ2) is 4.32. The van der Waals surface area contributed by atoms with E-state index in [2.05, 4.69) is 10.3 Å². The Labute approximate surface area is 109 Å². The topological polar surface area (TPSA) is 90.4 Å². The van der Waals surface area contributed by atoms with Gasteiger partial charge in [0.15, 0.2) is 11.5 Å². The monoisotopic (exact) mass is 261 g/mol. The van der Waals surface area contributed by atoms with Gasteiger partial charge >= 0.3 is 0 Å². The molecule has 1 aliphatic heterocycles. The van der Waals surface area contributed by atoms with Crippen molar-refractivity contribution in [1.82, 2.24) is 4.98 Å². The lowest BCUT2D eigenvalue weighted by atomic mass is 9.85. The van der Waals surface area contributed by atoms with Gasteiger partial charge in [0.05, 0.1) is 13.2 Å². The van der Waals surface area contributed by atoms with Gasteiger partial charge < -0.3 is 20.2 Å². The van der Waals surface area contributed by atoms with Crippen molar-refractivity contribution in [2.75, 3.05) is 25.1 Å². The van der Waals surface area contributed by atoms with Crippen molar-refractivity contribution < 1.29 is 13.9 Å². The molecule has 3 N–H and O–H groups in total. The van der Waals surface area contributed by atoms with Gasteiger partial charge in [0.2, 0.25) is 5.91 Å². The summed E-state index contributed by atoms with van der Waals surface area (Å²) in [6, 6.07) is 5.36. The maximum Gasteiger partial charge on any atom is 0.236 e. The number of nitrogens with zero attached hydrogens (tertiary/aromatic N) is 1. The molecule has 1 fully saturated rings. The van der Waals surface area contributed by atoms with Crippen molar-refractivity contribution in [3.63, 3.8) is 0 Å². The molecule has 1 aromatic carbocycles. The number of anilines is 1. The predicted molar refractivity (Wildman–Crippen MR) is 69.7 cm³/mol. The molecule has 0 radical (unpaired) electrons. The van der Waals surface area contributed by atoms with Crippen molar-refractivity contribution in [2.24, 2.45) is 11.1 Å². The summed E-state index contributed by atoms with van der Waals surface area (Å²) in [5, 5.41) is 2.86. The number of fused-ring (bicyclic) bond motifs is 1. The fourth-order valence-electron chi connectivity index (χ4n) is 2.07. The van der Waals surface area contributed by atoms with E-state index in [1.165, 1.54) is 0 Å². The van der Waals surface area contributed by atoms with Crippen LogP contribution in [-0.2, 0) is 9.53 Å². The van der Waals surface area contributed by atoms with Crippen molar-refractivity contribution in [3.05, 3.63) is 24.1 Å². The Balaban J connectivity index is 1.82. The summed E-state index contributed by atoms with van der Waals surface area (Å²) in [4.78, 5) is 16.4. The van der Waals surface area contributed by atoms with E-state index in [4.69, 9.17) is 14.9 Å². The number of carbonyl (C=O) groups is 1. The van der Waals surface area contributed by atoms with E-state index < -0.39 is 5.41 Å². The number of oxazole rings is 1. The van der Waals surface area contributed by atoms with Crippen LogP contribution in [-0.4, -0.2) is 30.6 Å². The van der Waals surface area contributed by atoms with Gasteiger partial charge in [0, 0.05) is 19.2 Å². The Morgan fingerprint density at radius 1 is 1.53 bits per heavy atom. The molecule has 1 aliphatic rings. The van der Waals surface area contributed by atoms with Gasteiger partial charge in [-0.3, -0.25) is 4.79 Å². The van der Waals surface area contributed by atoms with E-state index in [1.807, 2.05) is 0 Å². The zero-order valence-electron chi connectivity index (χ0n) is 10.6. The average Bonchev–Trinajstić information content (AvgIpc) is 2.67. The number of benzene rings is 1.